The number of aryl methyl sites for hydroxylation is 1. The number of carbonyl (C=O) groups is 1. The Balaban J connectivity index is 1.56. The molecule has 1 amide bonds. The summed E-state index contributed by atoms with van der Waals surface area (Å²) in [5.74, 6) is -0.209. The van der Waals surface area contributed by atoms with Crippen molar-refractivity contribution in [2.45, 2.75) is 12.8 Å². The second kappa shape index (κ2) is 11.5. The highest BCUT2D eigenvalue weighted by atomic mass is 32.1. The van der Waals surface area contributed by atoms with Crippen molar-refractivity contribution >= 4 is 40.3 Å². The largest absolute Gasteiger partial charge is 0.494 e. The third kappa shape index (κ3) is 7.07. The van der Waals surface area contributed by atoms with Crippen molar-refractivity contribution in [3.8, 4) is 5.75 Å². The molecule has 0 fully saturated rings. The molecule has 3 rings (SSSR count). The van der Waals surface area contributed by atoms with Gasteiger partial charge in [-0.15, -0.1) is 0 Å². The Morgan fingerprint density at radius 2 is 1.59 bits per heavy atom. The van der Waals surface area contributed by atoms with Crippen LogP contribution < -0.4 is 15.4 Å². The van der Waals surface area contributed by atoms with Crippen LogP contribution in [-0.2, 0) is 6.42 Å². The van der Waals surface area contributed by atoms with E-state index in [1.165, 1.54) is 5.56 Å². The van der Waals surface area contributed by atoms with E-state index in [-0.39, 0.29) is 10.7 Å². The fourth-order valence-corrected chi connectivity index (χ4v) is 3.26. The number of thiocarbonyl (C=S) groups is 1. The normalized spacial score (nSPS) is 10.2. The van der Waals surface area contributed by atoms with Crippen LogP contribution in [0.4, 0.5) is 17.1 Å². The molecule has 0 atom stereocenters. The van der Waals surface area contributed by atoms with E-state index in [1.807, 2.05) is 18.2 Å². The zero-order valence-corrected chi connectivity index (χ0v) is 18.6. The SMILES string of the molecule is O=C(NC(=S)Nc1cccc(OCCCc2ccccc2)c1)c1cc([N+](=O)[O-])cc([N+](=O)[O-])c1. The van der Waals surface area contributed by atoms with E-state index < -0.39 is 27.1 Å². The van der Waals surface area contributed by atoms with E-state index in [1.54, 1.807) is 24.3 Å². The minimum absolute atomic E-state index is 0.0830. The highest BCUT2D eigenvalue weighted by Gasteiger charge is 2.20. The van der Waals surface area contributed by atoms with Gasteiger partial charge in [0.1, 0.15) is 5.75 Å². The maximum atomic E-state index is 12.4. The van der Waals surface area contributed by atoms with Gasteiger partial charge in [0.05, 0.1) is 28.1 Å². The lowest BCUT2D eigenvalue weighted by Crippen LogP contribution is -2.34. The molecular formula is C23H20N4O6S. The van der Waals surface area contributed by atoms with Crippen molar-refractivity contribution in [3.63, 3.8) is 0 Å². The smallest absolute Gasteiger partial charge is 0.277 e. The third-order valence-electron chi connectivity index (χ3n) is 4.63. The molecule has 0 saturated carbocycles. The molecule has 0 spiro atoms. The lowest BCUT2D eigenvalue weighted by Gasteiger charge is -2.12. The van der Waals surface area contributed by atoms with Gasteiger partial charge in [0.15, 0.2) is 5.11 Å². The first-order valence-electron chi connectivity index (χ1n) is 10.1. The van der Waals surface area contributed by atoms with Crippen LogP contribution in [0.2, 0.25) is 0 Å². The Morgan fingerprint density at radius 1 is 0.912 bits per heavy atom. The van der Waals surface area contributed by atoms with Crippen molar-refractivity contribution in [2.24, 2.45) is 0 Å². The number of hydrogen-bond acceptors (Lipinski definition) is 7. The molecule has 34 heavy (non-hydrogen) atoms. The van der Waals surface area contributed by atoms with E-state index in [9.17, 15) is 25.0 Å². The molecule has 3 aromatic rings. The van der Waals surface area contributed by atoms with Gasteiger partial charge < -0.3 is 10.1 Å². The number of nitrogens with zero attached hydrogens (tertiary/aromatic N) is 2. The summed E-state index contributed by atoms with van der Waals surface area (Å²) in [7, 11) is 0. The van der Waals surface area contributed by atoms with Crippen LogP contribution in [0.25, 0.3) is 0 Å². The molecule has 11 heteroatoms. The Labute approximate surface area is 199 Å². The lowest BCUT2D eigenvalue weighted by molar-refractivity contribution is -0.394. The summed E-state index contributed by atoms with van der Waals surface area (Å²) >= 11 is 5.13. The van der Waals surface area contributed by atoms with Crippen LogP contribution in [0.3, 0.4) is 0 Å². The molecule has 0 saturated heterocycles. The predicted molar refractivity (Wildman–Crippen MR) is 130 cm³/mol. The van der Waals surface area contributed by atoms with E-state index in [0.29, 0.717) is 18.0 Å². The van der Waals surface area contributed by atoms with Crippen molar-refractivity contribution in [1.82, 2.24) is 5.32 Å². The van der Waals surface area contributed by atoms with Crippen molar-refractivity contribution in [3.05, 3.63) is 104 Å². The zero-order chi connectivity index (χ0) is 24.5. The minimum atomic E-state index is -0.822. The average molecular weight is 481 g/mol. The lowest BCUT2D eigenvalue weighted by atomic mass is 10.1. The van der Waals surface area contributed by atoms with E-state index in [4.69, 9.17) is 17.0 Å². The Morgan fingerprint density at radius 3 is 2.24 bits per heavy atom. The van der Waals surface area contributed by atoms with Crippen LogP contribution in [0.15, 0.2) is 72.8 Å². The maximum Gasteiger partial charge on any atom is 0.277 e. The molecule has 0 aliphatic carbocycles. The van der Waals surface area contributed by atoms with Crippen molar-refractivity contribution in [1.29, 1.82) is 0 Å². The van der Waals surface area contributed by atoms with Crippen molar-refractivity contribution in [2.75, 3.05) is 11.9 Å². The first-order chi connectivity index (χ1) is 16.3. The minimum Gasteiger partial charge on any atom is -0.494 e. The average Bonchev–Trinajstić information content (AvgIpc) is 2.82. The van der Waals surface area contributed by atoms with Crippen LogP contribution in [0.5, 0.6) is 5.75 Å². The van der Waals surface area contributed by atoms with Gasteiger partial charge in [-0.3, -0.25) is 30.3 Å². The summed E-state index contributed by atoms with van der Waals surface area (Å²) in [4.78, 5) is 32.8. The van der Waals surface area contributed by atoms with E-state index >= 15 is 0 Å². The number of amides is 1. The number of benzene rings is 3. The highest BCUT2D eigenvalue weighted by Crippen LogP contribution is 2.23. The molecule has 0 aliphatic rings. The summed E-state index contributed by atoms with van der Waals surface area (Å²) in [6.45, 7) is 0.519. The first kappa shape index (κ1) is 24.3. The zero-order valence-electron chi connectivity index (χ0n) is 17.8. The van der Waals surface area contributed by atoms with Gasteiger partial charge in [-0.2, -0.15) is 0 Å². The molecule has 0 unspecified atom stereocenters. The number of ether oxygens (including phenoxy) is 1. The number of non-ortho nitro benzene ring substituents is 2. The van der Waals surface area contributed by atoms with Crippen LogP contribution in [0.1, 0.15) is 22.3 Å². The molecule has 0 bridgehead atoms. The molecule has 2 N–H and O–H groups in total. The number of carbonyl (C=O) groups excluding carboxylic acids is 1. The quantitative estimate of drug-likeness (QED) is 0.196. The molecule has 0 heterocycles. The number of nitrogens with one attached hydrogen (secondary N) is 2. The summed E-state index contributed by atoms with van der Waals surface area (Å²) in [5, 5.41) is 27.1. The fraction of sp³-hybridized carbons (Fsp3) is 0.130. The van der Waals surface area contributed by atoms with Gasteiger partial charge in [0.2, 0.25) is 0 Å². The summed E-state index contributed by atoms with van der Waals surface area (Å²) in [6.07, 6.45) is 1.73. The van der Waals surface area contributed by atoms with Gasteiger partial charge in [-0.1, -0.05) is 36.4 Å². The van der Waals surface area contributed by atoms with E-state index in [0.717, 1.165) is 31.0 Å². The molecule has 0 aromatic heterocycles. The highest BCUT2D eigenvalue weighted by molar-refractivity contribution is 7.80. The molecule has 3 aromatic carbocycles. The van der Waals surface area contributed by atoms with Gasteiger partial charge in [0.25, 0.3) is 17.3 Å². The Hall–Kier alpha value is -4.38. The number of anilines is 1. The van der Waals surface area contributed by atoms with Gasteiger partial charge in [-0.25, -0.2) is 0 Å². The van der Waals surface area contributed by atoms with E-state index in [2.05, 4.69) is 22.8 Å². The number of nitro benzene ring substituents is 2. The second-order valence-corrected chi connectivity index (χ2v) is 7.53. The predicted octanol–water partition coefficient (Wildman–Crippen LogP) is 4.64. The standard InChI is InChI=1S/C23H20N4O6S/c28-22(17-12-19(26(29)30)15-20(13-17)27(31)32)25-23(34)24-18-9-4-10-21(14-18)33-11-5-8-16-6-2-1-3-7-16/h1-4,6-7,9-10,12-15H,5,8,11H2,(H2,24,25,28,34). The molecule has 10 nitrogen and oxygen atoms in total. The van der Waals surface area contributed by atoms with Gasteiger partial charge >= 0.3 is 0 Å². The Kier molecular flexibility index (Phi) is 8.19. The topological polar surface area (TPSA) is 137 Å². The molecule has 0 aliphatic heterocycles. The third-order valence-corrected chi connectivity index (χ3v) is 4.83. The number of nitro groups is 2. The monoisotopic (exact) mass is 480 g/mol. The summed E-state index contributed by atoms with van der Waals surface area (Å²) in [6, 6.07) is 19.7. The molecule has 174 valence electrons. The van der Waals surface area contributed by atoms with Gasteiger partial charge in [-0.05, 0) is 42.8 Å². The van der Waals surface area contributed by atoms with Crippen LogP contribution >= 0.6 is 12.2 Å². The van der Waals surface area contributed by atoms with Crippen molar-refractivity contribution < 1.29 is 19.4 Å². The maximum absolute atomic E-state index is 12.4. The fourth-order valence-electron chi connectivity index (χ4n) is 3.05. The molecular weight excluding hydrogens is 460 g/mol. The first-order valence-corrected chi connectivity index (χ1v) is 10.6. The number of rotatable bonds is 9. The Bertz CT molecular complexity index is 1190. The summed E-state index contributed by atoms with van der Waals surface area (Å²) in [5.41, 5.74) is 0.374. The van der Waals surface area contributed by atoms with Crippen LogP contribution in [0, 0.1) is 20.2 Å². The number of hydrogen-bond donors (Lipinski definition) is 2. The second-order valence-electron chi connectivity index (χ2n) is 7.13. The van der Waals surface area contributed by atoms with Gasteiger partial charge in [0, 0.05) is 23.9 Å². The summed E-state index contributed by atoms with van der Waals surface area (Å²) < 4.78 is 5.77. The van der Waals surface area contributed by atoms with Crippen LogP contribution in [-0.4, -0.2) is 27.5 Å². The molecule has 0 radical (unpaired) electrons.